The fraction of sp³-hybridized carbons (Fsp3) is 0.440. The van der Waals surface area contributed by atoms with Crippen LogP contribution in [0, 0.1) is 0 Å². The molecule has 0 saturated carbocycles. The number of hydrogen-bond donors (Lipinski definition) is 0. The van der Waals surface area contributed by atoms with E-state index in [9.17, 15) is 9.59 Å². The van der Waals surface area contributed by atoms with E-state index < -0.39 is 0 Å². The number of amides is 3. The van der Waals surface area contributed by atoms with Crippen LogP contribution in [0.4, 0.5) is 10.5 Å². The average Bonchev–Trinajstić information content (AvgIpc) is 3.50. The van der Waals surface area contributed by atoms with Gasteiger partial charge in [0.05, 0.1) is 0 Å². The first-order valence-corrected chi connectivity index (χ1v) is 12.0. The average molecular weight is 481 g/mol. The van der Waals surface area contributed by atoms with Gasteiger partial charge in [-0.3, -0.25) is 14.6 Å². The Hall–Kier alpha value is -3.66. The van der Waals surface area contributed by atoms with Crippen molar-refractivity contribution < 1.29 is 28.5 Å². The Morgan fingerprint density at radius 3 is 2.34 bits per heavy atom. The molecule has 184 valence electrons. The maximum absolute atomic E-state index is 13.0. The van der Waals surface area contributed by atoms with Gasteiger partial charge in [0, 0.05) is 57.6 Å². The highest BCUT2D eigenvalue weighted by molar-refractivity contribution is 5.96. The minimum atomic E-state index is -0.156. The van der Waals surface area contributed by atoms with Gasteiger partial charge in [-0.25, -0.2) is 4.79 Å². The number of carbonyl (C=O) groups is 2. The van der Waals surface area contributed by atoms with Crippen molar-refractivity contribution in [3.05, 3.63) is 42.0 Å². The molecular weight excluding hydrogens is 452 g/mol. The topological polar surface area (TPSA) is 84.0 Å². The lowest BCUT2D eigenvalue weighted by Gasteiger charge is -2.35. The van der Waals surface area contributed by atoms with Crippen molar-refractivity contribution in [2.75, 3.05) is 70.7 Å². The largest absolute Gasteiger partial charge is 0.486 e. The minimum Gasteiger partial charge on any atom is -0.486 e. The number of fused-ring (bicyclic) bond motifs is 2. The fourth-order valence-corrected chi connectivity index (χ4v) is 4.89. The van der Waals surface area contributed by atoms with Gasteiger partial charge in [0.2, 0.25) is 12.7 Å². The van der Waals surface area contributed by atoms with Gasteiger partial charge >= 0.3 is 6.03 Å². The minimum absolute atomic E-state index is 0.00916. The number of benzene rings is 2. The number of hydrogen-bond acceptors (Lipinski definition) is 7. The van der Waals surface area contributed by atoms with Crippen molar-refractivity contribution in [2.24, 2.45) is 0 Å². The molecule has 0 N–H and O–H groups in total. The first-order chi connectivity index (χ1) is 17.1. The smallest absolute Gasteiger partial charge is 0.325 e. The van der Waals surface area contributed by atoms with E-state index in [-0.39, 0.29) is 25.3 Å². The monoisotopic (exact) mass is 480 g/mol. The first kappa shape index (κ1) is 21.8. The number of urea groups is 1. The maximum Gasteiger partial charge on any atom is 0.325 e. The highest BCUT2D eigenvalue weighted by atomic mass is 16.7. The number of ether oxygens (including phenoxy) is 4. The van der Waals surface area contributed by atoms with E-state index in [4.69, 9.17) is 18.9 Å². The summed E-state index contributed by atoms with van der Waals surface area (Å²) in [5.74, 6) is 2.90. The molecule has 0 spiro atoms. The zero-order valence-electron chi connectivity index (χ0n) is 19.5. The van der Waals surface area contributed by atoms with Crippen LogP contribution in [0.25, 0.3) is 0 Å². The summed E-state index contributed by atoms with van der Waals surface area (Å²) in [5.41, 5.74) is 1.92. The Morgan fingerprint density at radius 2 is 1.49 bits per heavy atom. The normalized spacial score (nSPS) is 19.4. The Labute approximate surface area is 203 Å². The van der Waals surface area contributed by atoms with Gasteiger partial charge in [0.15, 0.2) is 23.0 Å². The lowest BCUT2D eigenvalue weighted by Crippen LogP contribution is -2.51. The Bertz CT molecular complexity index is 1130. The molecule has 2 saturated heterocycles. The van der Waals surface area contributed by atoms with E-state index in [1.807, 2.05) is 35.2 Å². The quantitative estimate of drug-likeness (QED) is 0.645. The van der Waals surface area contributed by atoms with Gasteiger partial charge in [-0.05, 0) is 29.8 Å². The Balaban J connectivity index is 1.00. The van der Waals surface area contributed by atoms with Crippen LogP contribution in [0.2, 0.25) is 0 Å². The van der Waals surface area contributed by atoms with Gasteiger partial charge < -0.3 is 28.7 Å². The molecule has 10 heteroatoms. The molecule has 0 unspecified atom stereocenters. The molecule has 0 aliphatic carbocycles. The van der Waals surface area contributed by atoms with E-state index in [1.54, 1.807) is 9.80 Å². The first-order valence-electron chi connectivity index (χ1n) is 12.0. The number of anilines is 1. The predicted molar refractivity (Wildman–Crippen MR) is 126 cm³/mol. The van der Waals surface area contributed by atoms with Crippen LogP contribution >= 0.6 is 0 Å². The molecule has 0 radical (unpaired) electrons. The van der Waals surface area contributed by atoms with E-state index in [0.29, 0.717) is 50.9 Å². The van der Waals surface area contributed by atoms with E-state index in [1.165, 1.54) is 0 Å². The summed E-state index contributed by atoms with van der Waals surface area (Å²) in [6.07, 6.45) is 0. The molecule has 0 aromatic heterocycles. The van der Waals surface area contributed by atoms with E-state index in [2.05, 4.69) is 11.0 Å². The third kappa shape index (κ3) is 4.41. The summed E-state index contributed by atoms with van der Waals surface area (Å²) < 4.78 is 22.1. The highest BCUT2D eigenvalue weighted by Gasteiger charge is 2.33. The number of carbonyl (C=O) groups excluding carboxylic acids is 2. The Kier molecular flexibility index (Phi) is 5.73. The van der Waals surface area contributed by atoms with Crippen molar-refractivity contribution in [1.82, 2.24) is 14.7 Å². The molecule has 4 aliphatic heterocycles. The van der Waals surface area contributed by atoms with Crippen molar-refractivity contribution in [3.8, 4) is 23.0 Å². The van der Waals surface area contributed by atoms with Gasteiger partial charge in [0.25, 0.3) is 0 Å². The van der Waals surface area contributed by atoms with Crippen molar-refractivity contribution in [1.29, 1.82) is 0 Å². The van der Waals surface area contributed by atoms with Crippen LogP contribution in [-0.4, -0.2) is 92.5 Å². The maximum atomic E-state index is 13.0. The molecule has 10 nitrogen and oxygen atoms in total. The summed E-state index contributed by atoms with van der Waals surface area (Å²) >= 11 is 0. The van der Waals surface area contributed by atoms with E-state index >= 15 is 0 Å². The molecule has 3 amide bonds. The fourth-order valence-electron chi connectivity index (χ4n) is 4.89. The molecule has 2 aromatic carbocycles. The molecule has 0 bridgehead atoms. The Morgan fingerprint density at radius 1 is 0.771 bits per heavy atom. The zero-order chi connectivity index (χ0) is 23.8. The van der Waals surface area contributed by atoms with Crippen LogP contribution in [0.15, 0.2) is 36.4 Å². The van der Waals surface area contributed by atoms with Crippen LogP contribution in [-0.2, 0) is 11.3 Å². The standard InChI is InChI=1S/C25H28N4O6/c30-24(27-7-5-26(6-8-27)15-18-1-3-21-22(13-18)35-17-34-21)16-28-9-10-29(25(28)31)19-2-4-20-23(14-19)33-12-11-32-20/h1-4,13-14H,5-12,15-17H2. The summed E-state index contributed by atoms with van der Waals surface area (Å²) in [7, 11) is 0. The molecule has 2 fully saturated rings. The molecule has 2 aromatic rings. The number of rotatable bonds is 5. The van der Waals surface area contributed by atoms with Gasteiger partial charge in [-0.15, -0.1) is 0 Å². The molecular formula is C25H28N4O6. The van der Waals surface area contributed by atoms with Crippen molar-refractivity contribution >= 4 is 17.6 Å². The number of nitrogens with zero attached hydrogens (tertiary/aromatic N) is 4. The SMILES string of the molecule is O=C(CN1CCN(c2ccc3c(c2)OCCO3)C1=O)N1CCN(Cc2ccc3c(c2)OCO3)CC1. The summed E-state index contributed by atoms with van der Waals surface area (Å²) in [5, 5.41) is 0. The van der Waals surface area contributed by atoms with Crippen LogP contribution in [0.5, 0.6) is 23.0 Å². The summed E-state index contributed by atoms with van der Waals surface area (Å²) in [4.78, 5) is 33.5. The summed E-state index contributed by atoms with van der Waals surface area (Å²) in [6.45, 7) is 6.12. The molecule has 35 heavy (non-hydrogen) atoms. The lowest BCUT2D eigenvalue weighted by atomic mass is 10.1. The summed E-state index contributed by atoms with van der Waals surface area (Å²) in [6, 6.07) is 11.4. The third-order valence-electron chi connectivity index (χ3n) is 6.83. The van der Waals surface area contributed by atoms with Crippen molar-refractivity contribution in [3.63, 3.8) is 0 Å². The van der Waals surface area contributed by atoms with Gasteiger partial charge in [0.1, 0.15) is 19.8 Å². The second-order valence-corrected chi connectivity index (χ2v) is 9.03. The molecule has 4 heterocycles. The molecule has 4 aliphatic rings. The second kappa shape index (κ2) is 9.18. The van der Waals surface area contributed by atoms with E-state index in [0.717, 1.165) is 42.4 Å². The van der Waals surface area contributed by atoms with Crippen LogP contribution in [0.1, 0.15) is 5.56 Å². The zero-order valence-corrected chi connectivity index (χ0v) is 19.5. The molecule has 6 rings (SSSR count). The van der Waals surface area contributed by atoms with Gasteiger partial charge in [-0.1, -0.05) is 6.07 Å². The van der Waals surface area contributed by atoms with Crippen molar-refractivity contribution in [2.45, 2.75) is 6.54 Å². The second-order valence-electron chi connectivity index (χ2n) is 9.03. The van der Waals surface area contributed by atoms with Crippen LogP contribution < -0.4 is 23.8 Å². The highest BCUT2D eigenvalue weighted by Crippen LogP contribution is 2.35. The predicted octanol–water partition coefficient (Wildman–Crippen LogP) is 1.77. The van der Waals surface area contributed by atoms with Crippen LogP contribution in [0.3, 0.4) is 0 Å². The van der Waals surface area contributed by atoms with Gasteiger partial charge in [-0.2, -0.15) is 0 Å². The lowest BCUT2D eigenvalue weighted by molar-refractivity contribution is -0.133. The molecule has 0 atom stereocenters. The third-order valence-corrected chi connectivity index (χ3v) is 6.83. The number of piperazine rings is 1.